The number of ether oxygens (including phenoxy) is 3. The predicted molar refractivity (Wildman–Crippen MR) is 102 cm³/mol. The van der Waals surface area contributed by atoms with Crippen LogP contribution >= 0.6 is 0 Å². The molecule has 0 aliphatic carbocycles. The quantitative estimate of drug-likeness (QED) is 0.525. The molecule has 0 aliphatic rings. The van der Waals surface area contributed by atoms with Crippen LogP contribution in [0.15, 0.2) is 54.6 Å². The van der Waals surface area contributed by atoms with Crippen LogP contribution in [0.5, 0.6) is 5.75 Å². The zero-order chi connectivity index (χ0) is 18.1. The molecule has 0 saturated heterocycles. The van der Waals surface area contributed by atoms with E-state index in [2.05, 4.69) is 39.8 Å². The monoisotopic (exact) mass is 342 g/mol. The van der Waals surface area contributed by atoms with Crippen molar-refractivity contribution in [2.45, 2.75) is 40.6 Å². The van der Waals surface area contributed by atoms with Gasteiger partial charge in [0, 0.05) is 5.56 Å². The first kappa shape index (κ1) is 19.5. The van der Waals surface area contributed by atoms with Crippen LogP contribution in [-0.4, -0.2) is 13.2 Å². The van der Waals surface area contributed by atoms with E-state index < -0.39 is 6.29 Å². The van der Waals surface area contributed by atoms with Crippen LogP contribution in [0.25, 0.3) is 0 Å². The van der Waals surface area contributed by atoms with Gasteiger partial charge in [-0.3, -0.25) is 0 Å². The summed E-state index contributed by atoms with van der Waals surface area (Å²) in [6, 6.07) is 18.1. The summed E-state index contributed by atoms with van der Waals surface area (Å²) in [4.78, 5) is 0. The maximum absolute atomic E-state index is 6.06. The SMILES string of the molecule is CC(C)COC(OCC(C)C)c1ccccc1OCc1ccccc1. The Morgan fingerprint density at radius 2 is 1.28 bits per heavy atom. The molecule has 0 N–H and O–H groups in total. The number of para-hydroxylation sites is 1. The van der Waals surface area contributed by atoms with Crippen LogP contribution in [0.2, 0.25) is 0 Å². The van der Waals surface area contributed by atoms with Gasteiger partial charge in [-0.2, -0.15) is 0 Å². The minimum absolute atomic E-state index is 0.406. The highest BCUT2D eigenvalue weighted by molar-refractivity contribution is 5.34. The molecule has 0 bridgehead atoms. The summed E-state index contributed by atoms with van der Waals surface area (Å²) >= 11 is 0. The van der Waals surface area contributed by atoms with Crippen molar-refractivity contribution in [3.63, 3.8) is 0 Å². The van der Waals surface area contributed by atoms with Gasteiger partial charge in [0.25, 0.3) is 0 Å². The Kier molecular flexibility index (Phi) is 7.96. The second kappa shape index (κ2) is 10.2. The standard InChI is InChI=1S/C22H30O3/c1-17(2)14-24-22(25-15-18(3)4)20-12-8-9-13-21(20)23-16-19-10-6-5-7-11-19/h5-13,17-18,22H,14-16H2,1-4H3. The van der Waals surface area contributed by atoms with Crippen molar-refractivity contribution in [1.82, 2.24) is 0 Å². The second-order valence-electron chi connectivity index (χ2n) is 7.10. The molecule has 0 radical (unpaired) electrons. The van der Waals surface area contributed by atoms with Crippen molar-refractivity contribution in [2.75, 3.05) is 13.2 Å². The minimum Gasteiger partial charge on any atom is -0.488 e. The molecule has 0 atom stereocenters. The van der Waals surface area contributed by atoms with Gasteiger partial charge in [0.15, 0.2) is 6.29 Å². The van der Waals surface area contributed by atoms with E-state index in [1.54, 1.807) is 0 Å². The number of rotatable bonds is 10. The van der Waals surface area contributed by atoms with E-state index in [0.29, 0.717) is 31.7 Å². The van der Waals surface area contributed by atoms with E-state index in [9.17, 15) is 0 Å². The molecule has 0 spiro atoms. The van der Waals surface area contributed by atoms with Crippen LogP contribution in [0, 0.1) is 11.8 Å². The van der Waals surface area contributed by atoms with Gasteiger partial charge in [0.05, 0.1) is 13.2 Å². The zero-order valence-corrected chi connectivity index (χ0v) is 15.8. The Labute approximate surface area is 151 Å². The van der Waals surface area contributed by atoms with Crippen molar-refractivity contribution in [3.8, 4) is 5.75 Å². The number of hydrogen-bond donors (Lipinski definition) is 0. The molecule has 136 valence electrons. The smallest absolute Gasteiger partial charge is 0.187 e. The van der Waals surface area contributed by atoms with Crippen LogP contribution in [0.1, 0.15) is 45.1 Å². The van der Waals surface area contributed by atoms with Gasteiger partial charge in [-0.1, -0.05) is 76.2 Å². The third-order valence-electron chi connectivity index (χ3n) is 3.57. The Hall–Kier alpha value is -1.84. The maximum atomic E-state index is 6.06. The fourth-order valence-corrected chi connectivity index (χ4v) is 2.33. The fraction of sp³-hybridized carbons (Fsp3) is 0.455. The van der Waals surface area contributed by atoms with Gasteiger partial charge in [0.2, 0.25) is 0 Å². The zero-order valence-electron chi connectivity index (χ0n) is 15.8. The van der Waals surface area contributed by atoms with Gasteiger partial charge >= 0.3 is 0 Å². The summed E-state index contributed by atoms with van der Waals surface area (Å²) in [5, 5.41) is 0. The molecule has 0 unspecified atom stereocenters. The largest absolute Gasteiger partial charge is 0.488 e. The lowest BCUT2D eigenvalue weighted by molar-refractivity contribution is -0.159. The molecule has 3 nitrogen and oxygen atoms in total. The summed E-state index contributed by atoms with van der Waals surface area (Å²) in [5.74, 6) is 1.70. The lowest BCUT2D eigenvalue weighted by Gasteiger charge is -2.23. The summed E-state index contributed by atoms with van der Waals surface area (Å²) in [6.45, 7) is 10.4. The van der Waals surface area contributed by atoms with E-state index in [4.69, 9.17) is 14.2 Å². The average Bonchev–Trinajstić information content (AvgIpc) is 2.61. The number of benzene rings is 2. The molecule has 0 amide bonds. The first-order valence-electron chi connectivity index (χ1n) is 9.05. The molecule has 0 heterocycles. The Bertz CT molecular complexity index is 596. The molecule has 0 aliphatic heterocycles. The summed E-state index contributed by atoms with van der Waals surface area (Å²) in [7, 11) is 0. The lowest BCUT2D eigenvalue weighted by Crippen LogP contribution is -2.16. The molecular formula is C22H30O3. The van der Waals surface area contributed by atoms with Crippen molar-refractivity contribution in [1.29, 1.82) is 0 Å². The Morgan fingerprint density at radius 3 is 1.88 bits per heavy atom. The minimum atomic E-state index is -0.406. The van der Waals surface area contributed by atoms with E-state index in [0.717, 1.165) is 16.9 Å². The third kappa shape index (κ3) is 6.89. The predicted octanol–water partition coefficient (Wildman–Crippen LogP) is 5.61. The van der Waals surface area contributed by atoms with Gasteiger partial charge < -0.3 is 14.2 Å². The summed E-state index contributed by atoms with van der Waals surface area (Å²) in [6.07, 6.45) is -0.406. The van der Waals surface area contributed by atoms with Crippen LogP contribution in [-0.2, 0) is 16.1 Å². The molecule has 3 heteroatoms. The second-order valence-corrected chi connectivity index (χ2v) is 7.10. The molecule has 0 saturated carbocycles. The molecule has 0 aromatic heterocycles. The first-order chi connectivity index (χ1) is 12.1. The van der Waals surface area contributed by atoms with Gasteiger partial charge in [-0.15, -0.1) is 0 Å². The molecule has 2 aromatic carbocycles. The first-order valence-corrected chi connectivity index (χ1v) is 9.05. The molecule has 2 rings (SSSR count). The summed E-state index contributed by atoms with van der Waals surface area (Å²) < 4.78 is 18.1. The van der Waals surface area contributed by atoms with E-state index in [1.807, 2.05) is 42.5 Å². The number of hydrogen-bond acceptors (Lipinski definition) is 3. The highest BCUT2D eigenvalue weighted by atomic mass is 16.7. The molecule has 25 heavy (non-hydrogen) atoms. The highest BCUT2D eigenvalue weighted by Gasteiger charge is 2.18. The van der Waals surface area contributed by atoms with Crippen molar-refractivity contribution in [2.24, 2.45) is 11.8 Å². The Balaban J connectivity index is 2.12. The third-order valence-corrected chi connectivity index (χ3v) is 3.57. The van der Waals surface area contributed by atoms with Crippen molar-refractivity contribution < 1.29 is 14.2 Å². The van der Waals surface area contributed by atoms with Crippen LogP contribution < -0.4 is 4.74 Å². The highest BCUT2D eigenvalue weighted by Crippen LogP contribution is 2.30. The van der Waals surface area contributed by atoms with Crippen LogP contribution in [0.4, 0.5) is 0 Å². The Morgan fingerprint density at radius 1 is 0.720 bits per heavy atom. The van der Waals surface area contributed by atoms with Gasteiger partial charge in [-0.05, 0) is 23.5 Å². The molecule has 2 aromatic rings. The van der Waals surface area contributed by atoms with Crippen molar-refractivity contribution >= 4 is 0 Å². The van der Waals surface area contributed by atoms with Crippen LogP contribution in [0.3, 0.4) is 0 Å². The maximum Gasteiger partial charge on any atom is 0.187 e. The van der Waals surface area contributed by atoms with Gasteiger partial charge in [-0.25, -0.2) is 0 Å². The van der Waals surface area contributed by atoms with Gasteiger partial charge in [0.1, 0.15) is 12.4 Å². The molecular weight excluding hydrogens is 312 g/mol. The molecule has 0 fully saturated rings. The normalized spacial score (nSPS) is 11.5. The van der Waals surface area contributed by atoms with E-state index in [-0.39, 0.29) is 0 Å². The van der Waals surface area contributed by atoms with E-state index >= 15 is 0 Å². The van der Waals surface area contributed by atoms with Crippen molar-refractivity contribution in [3.05, 3.63) is 65.7 Å². The topological polar surface area (TPSA) is 27.7 Å². The van der Waals surface area contributed by atoms with E-state index in [1.165, 1.54) is 0 Å². The average molecular weight is 342 g/mol. The summed E-state index contributed by atoms with van der Waals surface area (Å²) in [5.41, 5.74) is 2.08. The fourth-order valence-electron chi connectivity index (χ4n) is 2.33. The lowest BCUT2D eigenvalue weighted by atomic mass is 10.1.